The number of esters is 1. The lowest BCUT2D eigenvalue weighted by atomic mass is 10.3. The Kier molecular flexibility index (Phi) is 3.22. The maximum absolute atomic E-state index is 11.7. The molecule has 2 heterocycles. The van der Waals surface area contributed by atoms with Gasteiger partial charge in [-0.05, 0) is 6.92 Å². The lowest BCUT2D eigenvalue weighted by molar-refractivity contribution is 0.0454. The Morgan fingerprint density at radius 3 is 2.94 bits per heavy atom. The Morgan fingerprint density at radius 1 is 1.56 bits per heavy atom. The summed E-state index contributed by atoms with van der Waals surface area (Å²) in [5.74, 6) is -0.545. The predicted octanol–water partition coefficient (Wildman–Crippen LogP) is 0.169. The quantitative estimate of drug-likeness (QED) is 0.782. The molecule has 94 valence electrons. The molecule has 0 fully saturated rings. The van der Waals surface area contributed by atoms with E-state index in [0.717, 1.165) is 0 Å². The van der Waals surface area contributed by atoms with E-state index in [0.29, 0.717) is 11.4 Å². The summed E-state index contributed by atoms with van der Waals surface area (Å²) in [6, 6.07) is 1.40. The first-order valence-corrected chi connectivity index (χ1v) is 5.26. The number of aromatic amines is 1. The largest absolute Gasteiger partial charge is 0.454 e. The van der Waals surface area contributed by atoms with Crippen molar-refractivity contribution in [2.75, 3.05) is 0 Å². The van der Waals surface area contributed by atoms with Crippen molar-refractivity contribution >= 4 is 5.97 Å². The number of carbonyl (C=O) groups excluding carboxylic acids is 1. The van der Waals surface area contributed by atoms with Crippen molar-refractivity contribution in [1.82, 2.24) is 19.7 Å². The Morgan fingerprint density at radius 2 is 2.33 bits per heavy atom. The van der Waals surface area contributed by atoms with Gasteiger partial charge in [0.25, 0.3) is 0 Å². The Labute approximate surface area is 102 Å². The molecule has 7 heteroatoms. The minimum Gasteiger partial charge on any atom is -0.454 e. The van der Waals surface area contributed by atoms with Gasteiger partial charge in [0.1, 0.15) is 18.0 Å². The van der Waals surface area contributed by atoms with Gasteiger partial charge in [-0.15, -0.1) is 0 Å². The zero-order valence-electron chi connectivity index (χ0n) is 10.0. The minimum absolute atomic E-state index is 0.163. The number of aromatic nitrogens is 4. The van der Waals surface area contributed by atoms with Crippen LogP contribution < -0.4 is 5.43 Å². The summed E-state index contributed by atoms with van der Waals surface area (Å²) in [6.07, 6.45) is 2.89. The smallest absolute Gasteiger partial charge is 0.356 e. The van der Waals surface area contributed by atoms with Crippen LogP contribution in [0.1, 0.15) is 21.9 Å². The third-order valence-electron chi connectivity index (χ3n) is 2.37. The molecule has 0 amide bonds. The molecule has 0 aliphatic carbocycles. The highest BCUT2D eigenvalue weighted by Crippen LogP contribution is 2.01. The number of rotatable bonds is 3. The van der Waals surface area contributed by atoms with E-state index in [1.807, 2.05) is 0 Å². The molecule has 0 saturated carbocycles. The number of hydrogen-bond acceptors (Lipinski definition) is 5. The number of nitrogens with zero attached hydrogens (tertiary/aromatic N) is 3. The summed E-state index contributed by atoms with van der Waals surface area (Å²) >= 11 is 0. The highest BCUT2D eigenvalue weighted by molar-refractivity contribution is 5.87. The normalized spacial score (nSPS) is 10.3. The Hall–Kier alpha value is -2.44. The first kappa shape index (κ1) is 12.0. The van der Waals surface area contributed by atoms with E-state index in [9.17, 15) is 9.59 Å². The van der Waals surface area contributed by atoms with E-state index in [-0.39, 0.29) is 17.7 Å². The molecule has 0 saturated heterocycles. The first-order chi connectivity index (χ1) is 8.58. The van der Waals surface area contributed by atoms with Gasteiger partial charge in [0.2, 0.25) is 5.43 Å². The van der Waals surface area contributed by atoms with Crippen molar-refractivity contribution in [3.8, 4) is 0 Å². The Bertz CT molecular complexity index is 629. The van der Waals surface area contributed by atoms with Gasteiger partial charge in [-0.25, -0.2) is 9.78 Å². The fraction of sp³-hybridized carbons (Fsp3) is 0.273. The molecule has 2 aromatic heterocycles. The van der Waals surface area contributed by atoms with Gasteiger partial charge in [0, 0.05) is 18.8 Å². The SMILES string of the molecule is Cc1cc(=O)c(COC(=O)c2cncn2C)n[nH]1. The molecule has 0 spiro atoms. The van der Waals surface area contributed by atoms with Crippen molar-refractivity contribution in [3.63, 3.8) is 0 Å². The summed E-state index contributed by atoms with van der Waals surface area (Å²) in [5.41, 5.74) is 0.875. The van der Waals surface area contributed by atoms with Crippen LogP contribution in [0.25, 0.3) is 0 Å². The summed E-state index contributed by atoms with van der Waals surface area (Å²) < 4.78 is 6.53. The zero-order valence-corrected chi connectivity index (χ0v) is 10.0. The van der Waals surface area contributed by atoms with Crippen molar-refractivity contribution in [2.24, 2.45) is 7.05 Å². The van der Waals surface area contributed by atoms with Gasteiger partial charge >= 0.3 is 5.97 Å². The average Bonchev–Trinajstić information content (AvgIpc) is 2.74. The third-order valence-corrected chi connectivity index (χ3v) is 2.37. The number of nitrogens with one attached hydrogen (secondary N) is 1. The van der Waals surface area contributed by atoms with E-state index in [1.54, 1.807) is 14.0 Å². The fourth-order valence-corrected chi connectivity index (χ4v) is 1.39. The second-order valence-corrected chi connectivity index (χ2v) is 3.83. The summed E-state index contributed by atoms with van der Waals surface area (Å²) in [7, 11) is 1.68. The van der Waals surface area contributed by atoms with Crippen LogP contribution in [-0.4, -0.2) is 25.7 Å². The molecule has 2 aromatic rings. The lowest BCUT2D eigenvalue weighted by Crippen LogP contribution is -2.17. The van der Waals surface area contributed by atoms with Gasteiger partial charge in [-0.3, -0.25) is 9.89 Å². The number of carbonyl (C=O) groups is 1. The van der Waals surface area contributed by atoms with Crippen LogP contribution in [0.15, 0.2) is 23.4 Å². The van der Waals surface area contributed by atoms with E-state index < -0.39 is 5.97 Å². The van der Waals surface area contributed by atoms with Gasteiger partial charge in [0.05, 0.1) is 12.5 Å². The molecule has 18 heavy (non-hydrogen) atoms. The van der Waals surface area contributed by atoms with E-state index >= 15 is 0 Å². The summed E-state index contributed by atoms with van der Waals surface area (Å²) in [6.45, 7) is 1.56. The lowest BCUT2D eigenvalue weighted by Gasteiger charge is -2.04. The first-order valence-electron chi connectivity index (χ1n) is 5.26. The van der Waals surface area contributed by atoms with Crippen LogP contribution in [0.4, 0.5) is 0 Å². The zero-order chi connectivity index (χ0) is 13.1. The maximum atomic E-state index is 11.7. The van der Waals surface area contributed by atoms with Crippen molar-refractivity contribution in [3.05, 3.63) is 45.9 Å². The van der Waals surface area contributed by atoms with E-state index in [2.05, 4.69) is 15.2 Å². The number of aryl methyl sites for hydroxylation is 2. The number of imidazole rings is 1. The molecule has 0 bridgehead atoms. The number of ether oxygens (including phenoxy) is 1. The molecule has 0 aliphatic rings. The monoisotopic (exact) mass is 248 g/mol. The van der Waals surface area contributed by atoms with E-state index in [4.69, 9.17) is 4.74 Å². The molecule has 0 unspecified atom stereocenters. The molecule has 1 N–H and O–H groups in total. The molecule has 0 aliphatic heterocycles. The second kappa shape index (κ2) is 4.82. The summed E-state index contributed by atoms with van der Waals surface area (Å²) in [5, 5.41) is 6.47. The van der Waals surface area contributed by atoms with Crippen LogP contribution in [0, 0.1) is 6.92 Å². The van der Waals surface area contributed by atoms with Gasteiger partial charge < -0.3 is 9.30 Å². The molecular formula is C11H12N4O3. The third kappa shape index (κ3) is 2.45. The molecule has 7 nitrogen and oxygen atoms in total. The van der Waals surface area contributed by atoms with Gasteiger partial charge in [-0.1, -0.05) is 0 Å². The van der Waals surface area contributed by atoms with E-state index in [1.165, 1.54) is 23.2 Å². The minimum atomic E-state index is -0.545. The highest BCUT2D eigenvalue weighted by atomic mass is 16.5. The van der Waals surface area contributed by atoms with Crippen molar-refractivity contribution < 1.29 is 9.53 Å². The van der Waals surface area contributed by atoms with Crippen LogP contribution in [0.5, 0.6) is 0 Å². The highest BCUT2D eigenvalue weighted by Gasteiger charge is 2.12. The predicted molar refractivity (Wildman–Crippen MR) is 61.9 cm³/mol. The molecule has 2 rings (SSSR count). The second-order valence-electron chi connectivity index (χ2n) is 3.83. The van der Waals surface area contributed by atoms with Crippen LogP contribution in [0.3, 0.4) is 0 Å². The fourth-order valence-electron chi connectivity index (χ4n) is 1.39. The number of H-pyrrole nitrogens is 1. The topological polar surface area (TPSA) is 89.9 Å². The Balaban J connectivity index is 2.06. The van der Waals surface area contributed by atoms with Gasteiger partial charge in [0.15, 0.2) is 0 Å². The van der Waals surface area contributed by atoms with Crippen LogP contribution >= 0.6 is 0 Å². The van der Waals surface area contributed by atoms with Crippen molar-refractivity contribution in [2.45, 2.75) is 13.5 Å². The van der Waals surface area contributed by atoms with Gasteiger partial charge in [-0.2, -0.15) is 5.10 Å². The van der Waals surface area contributed by atoms with Crippen molar-refractivity contribution in [1.29, 1.82) is 0 Å². The van der Waals surface area contributed by atoms with Crippen LogP contribution in [0.2, 0.25) is 0 Å². The summed E-state index contributed by atoms with van der Waals surface area (Å²) in [4.78, 5) is 27.0. The molecule has 0 radical (unpaired) electrons. The molecule has 0 atom stereocenters. The molecular weight excluding hydrogens is 236 g/mol. The average molecular weight is 248 g/mol. The maximum Gasteiger partial charge on any atom is 0.356 e. The molecule has 0 aromatic carbocycles. The van der Waals surface area contributed by atoms with Crippen LogP contribution in [-0.2, 0) is 18.4 Å². The standard InChI is InChI=1S/C11H12N4O3/c1-7-3-10(16)8(14-13-7)5-18-11(17)9-4-12-6-15(9)2/h3-4,6H,5H2,1-2H3,(H,13,16). The number of hydrogen-bond donors (Lipinski definition) is 1.